The largest absolute Gasteiger partial charge is 0.326 e. The van der Waals surface area contributed by atoms with E-state index < -0.39 is 0 Å². The molecule has 3 nitrogen and oxygen atoms in total. The molecule has 1 heterocycles. The van der Waals surface area contributed by atoms with Crippen molar-refractivity contribution in [2.45, 2.75) is 23.5 Å². The minimum atomic E-state index is -0.100. The van der Waals surface area contributed by atoms with Crippen LogP contribution in [0.25, 0.3) is 0 Å². The van der Waals surface area contributed by atoms with Crippen molar-refractivity contribution >= 4 is 58.0 Å². The van der Waals surface area contributed by atoms with Crippen LogP contribution in [0.5, 0.6) is 0 Å². The van der Waals surface area contributed by atoms with E-state index in [1.807, 2.05) is 54.6 Å². The zero-order valence-corrected chi connectivity index (χ0v) is 18.0. The Morgan fingerprint density at radius 3 is 2.69 bits per heavy atom. The number of nitrogens with one attached hydrogen (secondary N) is 1. The number of rotatable bonds is 3. The lowest BCUT2D eigenvalue weighted by molar-refractivity contribution is -0.114. The molecule has 6 heteroatoms. The smallest absolute Gasteiger partial charge is 0.221 e. The topological polar surface area (TPSA) is 41.5 Å². The Bertz CT molecular complexity index is 1110. The number of para-hydroxylation sites is 1. The van der Waals surface area contributed by atoms with Gasteiger partial charge in [0.25, 0.3) is 0 Å². The number of aliphatic imine (C=N–C) groups is 1. The van der Waals surface area contributed by atoms with Gasteiger partial charge >= 0.3 is 0 Å². The lowest BCUT2D eigenvalue weighted by Gasteiger charge is -2.18. The van der Waals surface area contributed by atoms with Crippen LogP contribution in [0.15, 0.2) is 76.6 Å². The summed E-state index contributed by atoms with van der Waals surface area (Å²) >= 11 is 14.4. The number of carbonyl (C=O) groups is 1. The Labute approximate surface area is 184 Å². The van der Waals surface area contributed by atoms with Gasteiger partial charge in [-0.15, -0.1) is 11.8 Å². The fourth-order valence-electron chi connectivity index (χ4n) is 3.31. The van der Waals surface area contributed by atoms with Crippen molar-refractivity contribution in [1.29, 1.82) is 0 Å². The Morgan fingerprint density at radius 1 is 1.07 bits per heavy atom. The second kappa shape index (κ2) is 8.62. The molecule has 1 aliphatic heterocycles. The Morgan fingerprint density at radius 2 is 1.90 bits per heavy atom. The van der Waals surface area contributed by atoms with Crippen LogP contribution < -0.4 is 5.32 Å². The summed E-state index contributed by atoms with van der Waals surface area (Å²) in [5.41, 5.74) is 4.65. The average Bonchev–Trinajstić information content (AvgIpc) is 2.87. The first-order valence-corrected chi connectivity index (χ1v) is 10.8. The molecule has 4 rings (SSSR count). The van der Waals surface area contributed by atoms with Crippen molar-refractivity contribution in [1.82, 2.24) is 0 Å². The minimum absolute atomic E-state index is 0.0894. The molecule has 29 heavy (non-hydrogen) atoms. The number of amides is 1. The van der Waals surface area contributed by atoms with Crippen LogP contribution in [0, 0.1) is 0 Å². The predicted molar refractivity (Wildman–Crippen MR) is 123 cm³/mol. The molecule has 1 N–H and O–H groups in total. The molecule has 0 radical (unpaired) electrons. The third kappa shape index (κ3) is 4.67. The minimum Gasteiger partial charge on any atom is -0.326 e. The summed E-state index contributed by atoms with van der Waals surface area (Å²) in [6, 6.07) is 21.5. The van der Waals surface area contributed by atoms with Crippen LogP contribution in [0.1, 0.15) is 29.7 Å². The van der Waals surface area contributed by atoms with Crippen molar-refractivity contribution in [2.75, 3.05) is 5.32 Å². The molecule has 3 aromatic carbocycles. The van der Waals surface area contributed by atoms with E-state index in [0.29, 0.717) is 16.5 Å². The number of benzene rings is 3. The van der Waals surface area contributed by atoms with Crippen molar-refractivity contribution in [2.24, 2.45) is 4.99 Å². The fraction of sp³-hybridized carbons (Fsp3) is 0.130. The predicted octanol–water partition coefficient (Wildman–Crippen LogP) is 7.31. The Kier molecular flexibility index (Phi) is 5.95. The van der Waals surface area contributed by atoms with Gasteiger partial charge in [0.05, 0.1) is 5.69 Å². The first-order valence-electron chi connectivity index (χ1n) is 9.16. The van der Waals surface area contributed by atoms with E-state index in [0.717, 1.165) is 33.1 Å². The number of thioether (sulfide) groups is 1. The maximum Gasteiger partial charge on any atom is 0.221 e. The summed E-state index contributed by atoms with van der Waals surface area (Å²) in [6.07, 6.45) is 0.699. The molecule has 1 atom stereocenters. The second-order valence-electron chi connectivity index (χ2n) is 6.76. The first-order chi connectivity index (χ1) is 14.0. The molecule has 146 valence electrons. The monoisotopic (exact) mass is 440 g/mol. The van der Waals surface area contributed by atoms with Gasteiger partial charge in [0.1, 0.15) is 0 Å². The highest BCUT2D eigenvalue weighted by Gasteiger charge is 2.24. The molecule has 0 saturated heterocycles. The van der Waals surface area contributed by atoms with Gasteiger partial charge in [-0.05, 0) is 47.5 Å². The maximum atomic E-state index is 11.5. The van der Waals surface area contributed by atoms with E-state index in [2.05, 4.69) is 11.4 Å². The molecule has 1 amide bonds. The van der Waals surface area contributed by atoms with Gasteiger partial charge in [-0.25, -0.2) is 0 Å². The van der Waals surface area contributed by atoms with Crippen molar-refractivity contribution in [3.63, 3.8) is 0 Å². The fourth-order valence-corrected chi connectivity index (χ4v) is 5.19. The van der Waals surface area contributed by atoms with Crippen LogP contribution in [-0.2, 0) is 4.79 Å². The number of anilines is 1. The van der Waals surface area contributed by atoms with Gasteiger partial charge in [-0.3, -0.25) is 9.79 Å². The van der Waals surface area contributed by atoms with Gasteiger partial charge in [0.2, 0.25) is 5.91 Å². The van der Waals surface area contributed by atoms with E-state index in [1.165, 1.54) is 6.92 Å². The third-order valence-corrected chi connectivity index (χ3v) is 6.46. The third-order valence-electron chi connectivity index (χ3n) is 4.59. The van der Waals surface area contributed by atoms with Gasteiger partial charge in [0.15, 0.2) is 0 Å². The Balaban J connectivity index is 1.78. The standard InChI is InChI=1S/C23H18Cl2N2OS/c1-14(28)26-17-6-4-5-15(11-17)21-13-23(18-10-9-16(24)12-19(18)25)29-22-8-3-2-7-20(22)27-21/h2-12,23H,13H2,1H3,(H,26,28). The van der Waals surface area contributed by atoms with E-state index in [4.69, 9.17) is 28.2 Å². The summed E-state index contributed by atoms with van der Waals surface area (Å²) in [5.74, 6) is -0.100. The number of hydrogen-bond acceptors (Lipinski definition) is 3. The summed E-state index contributed by atoms with van der Waals surface area (Å²) < 4.78 is 0. The highest BCUT2D eigenvalue weighted by Crippen LogP contribution is 2.47. The summed E-state index contributed by atoms with van der Waals surface area (Å²) in [7, 11) is 0. The molecule has 0 fully saturated rings. The molecule has 1 unspecified atom stereocenters. The Hall–Kier alpha value is -2.27. The first kappa shape index (κ1) is 20.0. The highest BCUT2D eigenvalue weighted by atomic mass is 35.5. The molecule has 1 aliphatic rings. The zero-order chi connectivity index (χ0) is 20.4. The van der Waals surface area contributed by atoms with Crippen molar-refractivity contribution in [3.05, 3.63) is 87.9 Å². The molecule has 0 aromatic heterocycles. The van der Waals surface area contributed by atoms with Gasteiger partial charge in [-0.2, -0.15) is 0 Å². The van der Waals surface area contributed by atoms with Crippen molar-refractivity contribution < 1.29 is 4.79 Å². The van der Waals surface area contributed by atoms with E-state index in [-0.39, 0.29) is 11.2 Å². The maximum absolute atomic E-state index is 11.5. The van der Waals surface area contributed by atoms with E-state index >= 15 is 0 Å². The summed E-state index contributed by atoms with van der Waals surface area (Å²) in [6.45, 7) is 1.50. The lowest BCUT2D eigenvalue weighted by atomic mass is 10.0. The van der Waals surface area contributed by atoms with Crippen LogP contribution in [0.3, 0.4) is 0 Å². The zero-order valence-electron chi connectivity index (χ0n) is 15.7. The quantitative estimate of drug-likeness (QED) is 0.463. The van der Waals surface area contributed by atoms with Gasteiger partial charge in [0, 0.05) is 44.9 Å². The molecule has 0 saturated carbocycles. The van der Waals surface area contributed by atoms with Crippen LogP contribution in [-0.4, -0.2) is 11.6 Å². The number of hydrogen-bond donors (Lipinski definition) is 1. The molecule has 0 spiro atoms. The molecular formula is C23H18Cl2N2OS. The van der Waals surface area contributed by atoms with Crippen molar-refractivity contribution in [3.8, 4) is 0 Å². The molecule has 0 aliphatic carbocycles. The van der Waals surface area contributed by atoms with Crippen LogP contribution in [0.2, 0.25) is 10.0 Å². The van der Waals surface area contributed by atoms with Crippen LogP contribution >= 0.6 is 35.0 Å². The lowest BCUT2D eigenvalue weighted by Crippen LogP contribution is -2.09. The second-order valence-corrected chi connectivity index (χ2v) is 8.85. The summed E-state index contributed by atoms with van der Waals surface area (Å²) in [4.78, 5) is 17.5. The SMILES string of the molecule is CC(=O)Nc1cccc(C2=Nc3ccccc3SC(c3ccc(Cl)cc3Cl)C2)c1. The summed E-state index contributed by atoms with van der Waals surface area (Å²) in [5, 5.41) is 4.21. The molecule has 0 bridgehead atoms. The molecule has 3 aromatic rings. The van der Waals surface area contributed by atoms with Gasteiger partial charge < -0.3 is 5.32 Å². The average molecular weight is 441 g/mol. The number of fused-ring (bicyclic) bond motifs is 1. The van der Waals surface area contributed by atoms with E-state index in [1.54, 1.807) is 17.8 Å². The normalized spacial score (nSPS) is 15.8. The number of carbonyl (C=O) groups excluding carboxylic acids is 1. The van der Waals surface area contributed by atoms with Crippen LogP contribution in [0.4, 0.5) is 11.4 Å². The molecular weight excluding hydrogens is 423 g/mol. The number of nitrogens with zero attached hydrogens (tertiary/aromatic N) is 1. The highest BCUT2D eigenvalue weighted by molar-refractivity contribution is 7.99. The van der Waals surface area contributed by atoms with E-state index in [9.17, 15) is 4.79 Å². The van der Waals surface area contributed by atoms with Gasteiger partial charge in [-0.1, -0.05) is 53.5 Å². The number of halogens is 2.